The number of esters is 2. The number of ether oxygens (including phenoxy) is 2. The van der Waals surface area contributed by atoms with Crippen LogP contribution in [-0.2, 0) is 19.1 Å². The largest absolute Gasteiger partial charge is 0.509 e. The van der Waals surface area contributed by atoms with Crippen LogP contribution in [0.15, 0.2) is 77.0 Å². The van der Waals surface area contributed by atoms with Crippen LogP contribution in [0.4, 0.5) is 5.69 Å². The second-order valence-electron chi connectivity index (χ2n) is 6.59. The Bertz CT molecular complexity index is 1060. The molecule has 0 radical (unpaired) electrons. The fraction of sp³-hybridized carbons (Fsp3) is 0.174. The number of anilines is 1. The van der Waals surface area contributed by atoms with Gasteiger partial charge in [0, 0.05) is 0 Å². The Balaban J connectivity index is 2.05. The second kappa shape index (κ2) is 9.95. The number of hydrogen-bond acceptors (Lipinski definition) is 7. The summed E-state index contributed by atoms with van der Waals surface area (Å²) in [5.41, 5.74) is 0.899. The van der Waals surface area contributed by atoms with Gasteiger partial charge in [0.1, 0.15) is 17.4 Å². The van der Waals surface area contributed by atoms with Gasteiger partial charge in [0.05, 0.1) is 31.0 Å². The molecule has 0 aromatic heterocycles. The van der Waals surface area contributed by atoms with E-state index in [0.29, 0.717) is 10.7 Å². The Hall–Kier alpha value is -3.58. The Morgan fingerprint density at radius 1 is 1.06 bits per heavy atom. The summed E-state index contributed by atoms with van der Waals surface area (Å²) in [5, 5.41) is 14.5. The number of benzene rings is 2. The van der Waals surface area contributed by atoms with Gasteiger partial charge in [0.15, 0.2) is 5.71 Å². The molecular formula is C23H21ClN2O5. The maximum atomic E-state index is 12.2. The van der Waals surface area contributed by atoms with E-state index in [9.17, 15) is 14.7 Å². The van der Waals surface area contributed by atoms with Gasteiger partial charge in [-0.15, -0.1) is 0 Å². The summed E-state index contributed by atoms with van der Waals surface area (Å²) in [7, 11) is 2.32. The molecule has 0 aliphatic carbocycles. The number of nitrogens with one attached hydrogen (secondary N) is 1. The summed E-state index contributed by atoms with van der Waals surface area (Å²) in [5.74, 6) is -2.12. The molecule has 1 aliphatic rings. The summed E-state index contributed by atoms with van der Waals surface area (Å²) in [6, 6.07) is 15.0. The Morgan fingerprint density at radius 2 is 1.71 bits per heavy atom. The van der Waals surface area contributed by atoms with Crippen LogP contribution in [0.2, 0.25) is 5.02 Å². The van der Waals surface area contributed by atoms with Gasteiger partial charge in [0.2, 0.25) is 0 Å². The standard InChI is InChI=1S/C23H21ClN2O5/c1-30-22(28)18-20(23(29)31-2)26-19(21(18)27)17(13-12-14-8-4-3-5-9-14)25-16-11-7-6-10-15(16)24/h3-13,17,19,25,27H,1-2H3/b13-12+. The molecule has 31 heavy (non-hydrogen) atoms. The van der Waals surface area contributed by atoms with Crippen molar-refractivity contribution in [3.05, 3.63) is 82.6 Å². The predicted octanol–water partition coefficient (Wildman–Crippen LogP) is 3.82. The predicted molar refractivity (Wildman–Crippen MR) is 119 cm³/mol. The molecule has 2 aromatic rings. The quantitative estimate of drug-likeness (QED) is 0.635. The van der Waals surface area contributed by atoms with Gasteiger partial charge in [-0.3, -0.25) is 4.99 Å². The highest BCUT2D eigenvalue weighted by Crippen LogP contribution is 2.29. The van der Waals surface area contributed by atoms with Gasteiger partial charge < -0.3 is 19.9 Å². The Kier molecular flexibility index (Phi) is 7.10. The van der Waals surface area contributed by atoms with E-state index in [1.54, 1.807) is 30.3 Å². The van der Waals surface area contributed by atoms with Crippen LogP contribution in [-0.4, -0.2) is 49.1 Å². The first-order valence-corrected chi connectivity index (χ1v) is 9.76. The summed E-state index contributed by atoms with van der Waals surface area (Å²) in [4.78, 5) is 28.7. The summed E-state index contributed by atoms with van der Waals surface area (Å²) < 4.78 is 9.44. The second-order valence-corrected chi connectivity index (χ2v) is 6.99. The number of halogens is 1. The number of aliphatic hydroxyl groups excluding tert-OH is 1. The first-order chi connectivity index (χ1) is 15.0. The molecule has 0 fully saturated rings. The molecule has 2 unspecified atom stereocenters. The maximum Gasteiger partial charge on any atom is 0.357 e. The molecule has 0 amide bonds. The molecule has 1 heterocycles. The van der Waals surface area contributed by atoms with Crippen molar-refractivity contribution in [3.63, 3.8) is 0 Å². The van der Waals surface area contributed by atoms with E-state index in [-0.39, 0.29) is 11.3 Å². The van der Waals surface area contributed by atoms with Crippen LogP contribution < -0.4 is 5.32 Å². The number of aliphatic hydroxyl groups is 1. The zero-order valence-electron chi connectivity index (χ0n) is 16.9. The number of para-hydroxylation sites is 1. The monoisotopic (exact) mass is 440 g/mol. The van der Waals surface area contributed by atoms with Crippen LogP contribution in [0.25, 0.3) is 6.08 Å². The maximum absolute atomic E-state index is 12.2. The molecule has 0 spiro atoms. The highest BCUT2D eigenvalue weighted by Gasteiger charge is 2.40. The van der Waals surface area contributed by atoms with Crippen molar-refractivity contribution in [1.82, 2.24) is 0 Å². The molecular weight excluding hydrogens is 420 g/mol. The molecule has 1 aliphatic heterocycles. The molecule has 2 atom stereocenters. The van der Waals surface area contributed by atoms with Gasteiger partial charge in [-0.1, -0.05) is 66.2 Å². The van der Waals surface area contributed by atoms with E-state index in [4.69, 9.17) is 21.1 Å². The third kappa shape index (κ3) is 4.95. The molecule has 7 nitrogen and oxygen atoms in total. The average Bonchev–Trinajstić information content (AvgIpc) is 3.14. The van der Waals surface area contributed by atoms with Gasteiger partial charge in [0.25, 0.3) is 0 Å². The summed E-state index contributed by atoms with van der Waals surface area (Å²) in [6.07, 6.45) is 3.61. The fourth-order valence-corrected chi connectivity index (χ4v) is 3.30. The van der Waals surface area contributed by atoms with E-state index in [1.807, 2.05) is 36.4 Å². The number of hydrogen-bond donors (Lipinski definition) is 2. The van der Waals surface area contributed by atoms with E-state index in [0.717, 1.165) is 12.7 Å². The van der Waals surface area contributed by atoms with Gasteiger partial charge in [-0.05, 0) is 17.7 Å². The van der Waals surface area contributed by atoms with Crippen LogP contribution in [0.3, 0.4) is 0 Å². The lowest BCUT2D eigenvalue weighted by Crippen LogP contribution is -2.31. The van der Waals surface area contributed by atoms with Crippen molar-refractivity contribution in [2.24, 2.45) is 4.99 Å². The topological polar surface area (TPSA) is 97.2 Å². The van der Waals surface area contributed by atoms with E-state index < -0.39 is 29.8 Å². The van der Waals surface area contributed by atoms with Gasteiger partial charge in [-0.2, -0.15) is 0 Å². The van der Waals surface area contributed by atoms with Crippen LogP contribution >= 0.6 is 11.6 Å². The summed E-state index contributed by atoms with van der Waals surface area (Å²) in [6.45, 7) is 0. The minimum atomic E-state index is -0.987. The first-order valence-electron chi connectivity index (χ1n) is 9.38. The zero-order valence-corrected chi connectivity index (χ0v) is 17.7. The molecule has 2 N–H and O–H groups in total. The van der Waals surface area contributed by atoms with Crippen molar-refractivity contribution in [3.8, 4) is 0 Å². The SMILES string of the molecule is COC(=O)C1=NC(C(/C=C/c2ccccc2)Nc2ccccc2Cl)C(O)=C1C(=O)OC. The lowest BCUT2D eigenvalue weighted by molar-refractivity contribution is -0.137. The number of rotatable bonds is 7. The zero-order chi connectivity index (χ0) is 22.4. The fourth-order valence-electron chi connectivity index (χ4n) is 3.11. The van der Waals surface area contributed by atoms with Crippen molar-refractivity contribution in [1.29, 1.82) is 0 Å². The molecule has 2 aromatic carbocycles. The average molecular weight is 441 g/mol. The summed E-state index contributed by atoms with van der Waals surface area (Å²) >= 11 is 6.29. The normalized spacial score (nSPS) is 16.7. The first kappa shape index (κ1) is 22.1. The number of carbonyl (C=O) groups excluding carboxylic acids is 2. The van der Waals surface area contributed by atoms with Gasteiger partial charge in [-0.25, -0.2) is 9.59 Å². The Labute approximate surface area is 184 Å². The number of methoxy groups -OCH3 is 2. The highest BCUT2D eigenvalue weighted by atomic mass is 35.5. The molecule has 3 rings (SSSR count). The molecule has 8 heteroatoms. The number of aliphatic imine (C=N–C) groups is 1. The lowest BCUT2D eigenvalue weighted by atomic mass is 10.0. The van der Waals surface area contributed by atoms with E-state index in [2.05, 4.69) is 10.3 Å². The van der Waals surface area contributed by atoms with E-state index >= 15 is 0 Å². The third-order valence-corrected chi connectivity index (χ3v) is 4.97. The van der Waals surface area contributed by atoms with Crippen LogP contribution in [0.5, 0.6) is 0 Å². The van der Waals surface area contributed by atoms with Gasteiger partial charge >= 0.3 is 11.9 Å². The molecule has 160 valence electrons. The third-order valence-electron chi connectivity index (χ3n) is 4.64. The van der Waals surface area contributed by atoms with Crippen molar-refractivity contribution in [2.45, 2.75) is 12.1 Å². The van der Waals surface area contributed by atoms with Crippen molar-refractivity contribution in [2.75, 3.05) is 19.5 Å². The highest BCUT2D eigenvalue weighted by molar-refractivity contribution is 6.50. The van der Waals surface area contributed by atoms with Crippen LogP contribution in [0.1, 0.15) is 5.56 Å². The van der Waals surface area contributed by atoms with E-state index in [1.165, 1.54) is 7.11 Å². The molecule has 0 bridgehead atoms. The number of carbonyl (C=O) groups is 2. The lowest BCUT2D eigenvalue weighted by Gasteiger charge is -2.22. The van der Waals surface area contributed by atoms with Crippen molar-refractivity contribution >= 4 is 41.0 Å². The number of nitrogens with zero attached hydrogens (tertiary/aromatic N) is 1. The minimum Gasteiger partial charge on any atom is -0.509 e. The minimum absolute atomic E-state index is 0.295. The Morgan fingerprint density at radius 3 is 2.35 bits per heavy atom. The van der Waals surface area contributed by atoms with Crippen LogP contribution in [0, 0.1) is 0 Å². The smallest absolute Gasteiger partial charge is 0.357 e. The molecule has 0 saturated heterocycles. The van der Waals surface area contributed by atoms with Crippen molar-refractivity contribution < 1.29 is 24.2 Å². The molecule has 0 saturated carbocycles.